The van der Waals surface area contributed by atoms with E-state index in [0.717, 1.165) is 18.4 Å². The predicted molar refractivity (Wildman–Crippen MR) is 101 cm³/mol. The first kappa shape index (κ1) is 18.3. The molecule has 144 valence electrons. The number of halogens is 1. The second-order valence-electron chi connectivity index (χ2n) is 7.71. The Morgan fingerprint density at radius 1 is 1.22 bits per heavy atom. The van der Waals surface area contributed by atoms with Crippen molar-refractivity contribution in [1.82, 2.24) is 14.8 Å². The highest BCUT2D eigenvalue weighted by Crippen LogP contribution is 2.49. The van der Waals surface area contributed by atoms with E-state index in [1.807, 2.05) is 6.07 Å². The van der Waals surface area contributed by atoms with Crippen molar-refractivity contribution in [3.63, 3.8) is 0 Å². The van der Waals surface area contributed by atoms with Gasteiger partial charge in [0.05, 0.1) is 18.3 Å². The molecule has 0 unspecified atom stereocenters. The van der Waals surface area contributed by atoms with Crippen LogP contribution in [0.5, 0.6) is 5.88 Å². The summed E-state index contributed by atoms with van der Waals surface area (Å²) in [6.45, 7) is 4.31. The summed E-state index contributed by atoms with van der Waals surface area (Å²) in [5.41, 5.74) is 0.245. The molecule has 0 aliphatic heterocycles. The lowest BCUT2D eigenvalue weighted by Crippen LogP contribution is -2.16. The molecule has 0 spiro atoms. The summed E-state index contributed by atoms with van der Waals surface area (Å²) < 4.78 is 12.7. The normalized spacial score (nSPS) is 16.8. The average molecular weight is 390 g/mol. The Labute approximate surface area is 163 Å². The number of aromatic nitrogens is 3. The van der Waals surface area contributed by atoms with Gasteiger partial charge in [0.15, 0.2) is 5.82 Å². The average Bonchev–Trinajstić information content (AvgIpc) is 3.54. The highest BCUT2D eigenvalue weighted by molar-refractivity contribution is 6.32. The lowest BCUT2D eigenvalue weighted by Gasteiger charge is -2.14. The van der Waals surface area contributed by atoms with Crippen molar-refractivity contribution in [2.45, 2.75) is 45.6 Å². The van der Waals surface area contributed by atoms with Crippen LogP contribution >= 0.6 is 11.6 Å². The fraction of sp³-hybridized carbons (Fsp3) is 0.550. The second kappa shape index (κ2) is 7.50. The van der Waals surface area contributed by atoms with Crippen LogP contribution in [0.25, 0.3) is 5.82 Å². The van der Waals surface area contributed by atoms with Crippen LogP contribution in [0.3, 0.4) is 0 Å². The summed E-state index contributed by atoms with van der Waals surface area (Å²) in [4.78, 5) is 16.3. The molecule has 4 rings (SSSR count). The quantitative estimate of drug-likeness (QED) is 0.497. The molecular formula is C20H24ClN3O3. The highest BCUT2D eigenvalue weighted by Gasteiger charge is 2.41. The summed E-state index contributed by atoms with van der Waals surface area (Å²) in [7, 11) is 0. The maximum absolute atomic E-state index is 12.0. The van der Waals surface area contributed by atoms with E-state index < -0.39 is 5.97 Å². The molecule has 2 aromatic heterocycles. The highest BCUT2D eigenvalue weighted by atomic mass is 35.5. The molecule has 7 heteroatoms. The lowest BCUT2D eigenvalue weighted by molar-refractivity contribution is 0.0377. The van der Waals surface area contributed by atoms with Gasteiger partial charge in [-0.3, -0.25) is 0 Å². The van der Waals surface area contributed by atoms with Gasteiger partial charge >= 0.3 is 5.97 Å². The van der Waals surface area contributed by atoms with Gasteiger partial charge in [-0.25, -0.2) is 14.5 Å². The Hall–Kier alpha value is -2.08. The zero-order valence-electron chi connectivity index (χ0n) is 15.6. The van der Waals surface area contributed by atoms with E-state index in [2.05, 4.69) is 10.1 Å². The van der Waals surface area contributed by atoms with Gasteiger partial charge < -0.3 is 9.47 Å². The first-order valence-corrected chi connectivity index (χ1v) is 9.95. The third-order valence-corrected chi connectivity index (χ3v) is 5.36. The summed E-state index contributed by atoms with van der Waals surface area (Å²) in [5, 5.41) is 4.53. The van der Waals surface area contributed by atoms with Crippen molar-refractivity contribution in [3.05, 3.63) is 35.1 Å². The number of hydrogen-bond acceptors (Lipinski definition) is 5. The minimum atomic E-state index is -0.482. The van der Waals surface area contributed by atoms with E-state index in [-0.39, 0.29) is 16.8 Å². The summed E-state index contributed by atoms with van der Waals surface area (Å²) in [6, 6.07) is 5.12. The van der Waals surface area contributed by atoms with E-state index in [0.29, 0.717) is 17.6 Å². The summed E-state index contributed by atoms with van der Waals surface area (Å²) >= 11 is 6.17. The monoisotopic (exact) mass is 389 g/mol. The van der Waals surface area contributed by atoms with Crippen LogP contribution in [-0.2, 0) is 4.74 Å². The van der Waals surface area contributed by atoms with Gasteiger partial charge in [0.1, 0.15) is 5.15 Å². The minimum Gasteiger partial charge on any atom is -0.476 e. The molecule has 0 bridgehead atoms. The van der Waals surface area contributed by atoms with Crippen molar-refractivity contribution >= 4 is 17.6 Å². The van der Waals surface area contributed by atoms with Crippen LogP contribution in [-0.4, -0.2) is 33.4 Å². The fourth-order valence-electron chi connectivity index (χ4n) is 3.38. The Balaban J connectivity index is 1.41. The van der Waals surface area contributed by atoms with Crippen molar-refractivity contribution in [3.8, 4) is 11.7 Å². The Bertz CT molecular complexity index is 816. The van der Waals surface area contributed by atoms with Crippen LogP contribution < -0.4 is 4.74 Å². The van der Waals surface area contributed by atoms with Crippen LogP contribution in [0.2, 0.25) is 5.15 Å². The molecule has 6 nitrogen and oxygen atoms in total. The van der Waals surface area contributed by atoms with Gasteiger partial charge in [0, 0.05) is 12.3 Å². The topological polar surface area (TPSA) is 66.2 Å². The zero-order chi connectivity index (χ0) is 19.0. The van der Waals surface area contributed by atoms with Crippen LogP contribution in [0.15, 0.2) is 24.4 Å². The van der Waals surface area contributed by atoms with E-state index in [4.69, 9.17) is 21.1 Å². The molecule has 0 atom stereocenters. The van der Waals surface area contributed by atoms with Crippen LogP contribution in [0.4, 0.5) is 0 Å². The van der Waals surface area contributed by atoms with Crippen molar-refractivity contribution < 1.29 is 14.3 Å². The molecule has 27 heavy (non-hydrogen) atoms. The molecule has 0 radical (unpaired) electrons. The number of rotatable bonds is 8. The second-order valence-corrected chi connectivity index (χ2v) is 8.07. The van der Waals surface area contributed by atoms with Crippen molar-refractivity contribution in [1.29, 1.82) is 0 Å². The largest absolute Gasteiger partial charge is 0.476 e. The first-order chi connectivity index (χ1) is 13.0. The smallest absolute Gasteiger partial charge is 0.341 e. The molecule has 0 amide bonds. The van der Waals surface area contributed by atoms with Gasteiger partial charge in [-0.05, 0) is 69.4 Å². The summed E-state index contributed by atoms with van der Waals surface area (Å²) in [6.07, 6.45) is 6.93. The van der Waals surface area contributed by atoms with Crippen LogP contribution in [0.1, 0.15) is 49.9 Å². The predicted octanol–water partition coefficient (Wildman–Crippen LogP) is 4.30. The minimum absolute atomic E-state index is 0.0960. The molecule has 2 aliphatic carbocycles. The third-order valence-electron chi connectivity index (χ3n) is 5.07. The number of esters is 1. The number of carbonyl (C=O) groups is 1. The molecule has 2 aliphatic rings. The Kier molecular flexibility index (Phi) is 5.08. The maximum atomic E-state index is 12.0. The van der Waals surface area contributed by atoms with E-state index >= 15 is 0 Å². The third kappa shape index (κ3) is 4.43. The van der Waals surface area contributed by atoms with Gasteiger partial charge in [0.2, 0.25) is 5.88 Å². The maximum Gasteiger partial charge on any atom is 0.341 e. The lowest BCUT2D eigenvalue weighted by atomic mass is 9.99. The SMILES string of the molecule is CC(C)OC(=O)c1ccc(-n2ccc(OCC(C3CC3)C3CC3)n2)nc1Cl. The van der Waals surface area contributed by atoms with E-state index in [1.165, 1.54) is 25.7 Å². The van der Waals surface area contributed by atoms with E-state index in [1.54, 1.807) is 36.9 Å². The number of carbonyl (C=O) groups excluding carboxylic acids is 1. The first-order valence-electron chi connectivity index (χ1n) is 9.57. The number of pyridine rings is 1. The Morgan fingerprint density at radius 3 is 2.52 bits per heavy atom. The molecule has 0 N–H and O–H groups in total. The van der Waals surface area contributed by atoms with Gasteiger partial charge in [-0.2, -0.15) is 0 Å². The molecule has 0 aromatic carbocycles. The summed E-state index contributed by atoms with van der Waals surface area (Å²) in [5.74, 6) is 2.99. The van der Waals surface area contributed by atoms with Crippen molar-refractivity contribution in [2.75, 3.05) is 6.61 Å². The number of nitrogens with zero attached hydrogens (tertiary/aromatic N) is 3. The van der Waals surface area contributed by atoms with Crippen molar-refractivity contribution in [2.24, 2.45) is 17.8 Å². The molecule has 2 aromatic rings. The molecule has 2 heterocycles. The molecule has 2 fully saturated rings. The molecular weight excluding hydrogens is 366 g/mol. The van der Waals surface area contributed by atoms with E-state index in [9.17, 15) is 4.79 Å². The fourth-order valence-corrected chi connectivity index (χ4v) is 3.61. The number of ether oxygens (including phenoxy) is 2. The van der Waals surface area contributed by atoms with Gasteiger partial charge in [-0.1, -0.05) is 11.6 Å². The number of hydrogen-bond donors (Lipinski definition) is 0. The standard InChI is InChI=1S/C20H24ClN3O3/c1-12(2)27-20(25)15-7-8-17(22-19(15)21)24-10-9-18(23-24)26-11-16(13-3-4-13)14-5-6-14/h7-10,12-14,16H,3-6,11H2,1-2H3. The van der Waals surface area contributed by atoms with Crippen LogP contribution in [0, 0.1) is 17.8 Å². The zero-order valence-corrected chi connectivity index (χ0v) is 16.4. The Morgan fingerprint density at radius 2 is 1.93 bits per heavy atom. The van der Waals surface area contributed by atoms with Gasteiger partial charge in [-0.15, -0.1) is 5.10 Å². The molecule has 0 saturated heterocycles. The van der Waals surface area contributed by atoms with Gasteiger partial charge in [0.25, 0.3) is 0 Å². The molecule has 2 saturated carbocycles.